The number of esters is 4. The molecular weight excluding hydrogens is 1370 g/mol. The lowest BCUT2D eigenvalue weighted by atomic mass is 10.0. The number of ether oxygens (including phenoxy) is 4. The Hall–Kier alpha value is -1.94. The molecule has 0 amide bonds. The van der Waals surface area contributed by atoms with E-state index in [9.17, 15) is 43.2 Å². The molecule has 0 aliphatic carbocycles. The van der Waals surface area contributed by atoms with Crippen LogP contribution in [0.2, 0.25) is 0 Å². The van der Waals surface area contributed by atoms with Crippen molar-refractivity contribution in [1.82, 2.24) is 0 Å². The molecule has 0 heterocycles. The van der Waals surface area contributed by atoms with E-state index in [-0.39, 0.29) is 25.7 Å². The summed E-state index contributed by atoms with van der Waals surface area (Å²) in [5.74, 6) is -1.36. The molecule has 0 aliphatic heterocycles. The molecule has 0 fully saturated rings. The Labute approximate surface area is 645 Å². The number of phosphoric acid groups is 2. The minimum atomic E-state index is -4.97. The lowest BCUT2D eigenvalue weighted by Gasteiger charge is -2.21. The van der Waals surface area contributed by atoms with Crippen LogP contribution in [-0.2, 0) is 65.4 Å². The van der Waals surface area contributed by atoms with Gasteiger partial charge in [0.15, 0.2) is 12.2 Å². The first-order chi connectivity index (χ1) is 51.0. The zero-order valence-electron chi connectivity index (χ0n) is 68.9. The number of phosphoric ester groups is 2. The van der Waals surface area contributed by atoms with Gasteiger partial charge >= 0.3 is 39.5 Å². The smallest absolute Gasteiger partial charge is 0.462 e. The normalized spacial score (nSPS) is 13.8. The van der Waals surface area contributed by atoms with Crippen molar-refractivity contribution in [3.63, 3.8) is 0 Å². The fourth-order valence-corrected chi connectivity index (χ4v) is 15.1. The first-order valence-corrected chi connectivity index (χ1v) is 47.6. The maximum Gasteiger partial charge on any atom is 0.472 e. The average Bonchev–Trinajstić information content (AvgIpc) is 0.913. The summed E-state index contributed by atoms with van der Waals surface area (Å²) >= 11 is 0. The van der Waals surface area contributed by atoms with E-state index in [1.54, 1.807) is 0 Å². The Kier molecular flexibility index (Phi) is 77.3. The van der Waals surface area contributed by atoms with Crippen molar-refractivity contribution in [2.45, 2.75) is 483 Å². The highest BCUT2D eigenvalue weighted by Gasteiger charge is 2.30. The minimum Gasteiger partial charge on any atom is -0.462 e. The van der Waals surface area contributed by atoms with Crippen molar-refractivity contribution in [1.29, 1.82) is 0 Å². The fraction of sp³-hybridized carbons (Fsp3) is 0.953. The van der Waals surface area contributed by atoms with Crippen LogP contribution in [0.4, 0.5) is 0 Å². The van der Waals surface area contributed by atoms with Crippen LogP contribution in [0.5, 0.6) is 0 Å². The molecule has 624 valence electrons. The molecule has 5 atom stereocenters. The first kappa shape index (κ1) is 103. The molecule has 2 unspecified atom stereocenters. The average molecular weight is 1540 g/mol. The van der Waals surface area contributed by atoms with E-state index in [0.717, 1.165) is 95.8 Å². The van der Waals surface area contributed by atoms with Gasteiger partial charge < -0.3 is 33.8 Å². The lowest BCUT2D eigenvalue weighted by Crippen LogP contribution is -2.30. The van der Waals surface area contributed by atoms with Crippen LogP contribution in [0.1, 0.15) is 465 Å². The number of aliphatic hydroxyl groups is 1. The van der Waals surface area contributed by atoms with E-state index in [1.165, 1.54) is 289 Å². The van der Waals surface area contributed by atoms with Gasteiger partial charge in [-0.15, -0.1) is 0 Å². The van der Waals surface area contributed by atoms with E-state index in [0.29, 0.717) is 25.7 Å². The molecule has 0 spiro atoms. The van der Waals surface area contributed by atoms with Gasteiger partial charge in [0.05, 0.1) is 26.4 Å². The van der Waals surface area contributed by atoms with Gasteiger partial charge in [-0.1, -0.05) is 413 Å². The summed E-state index contributed by atoms with van der Waals surface area (Å²) in [6, 6.07) is 0. The Balaban J connectivity index is 5.23. The van der Waals surface area contributed by atoms with Gasteiger partial charge in [-0.05, 0) is 31.6 Å². The summed E-state index contributed by atoms with van der Waals surface area (Å²) in [5.41, 5.74) is 0. The maximum atomic E-state index is 13.1. The molecular formula is C86H168O17P2. The van der Waals surface area contributed by atoms with E-state index in [2.05, 4.69) is 34.6 Å². The van der Waals surface area contributed by atoms with E-state index >= 15 is 0 Å². The molecule has 0 bridgehead atoms. The molecule has 0 saturated carbocycles. The minimum absolute atomic E-state index is 0.108. The zero-order valence-corrected chi connectivity index (χ0v) is 70.7. The molecule has 0 radical (unpaired) electrons. The molecule has 0 aromatic rings. The lowest BCUT2D eigenvalue weighted by molar-refractivity contribution is -0.161. The molecule has 0 saturated heterocycles. The quantitative estimate of drug-likeness (QED) is 0.0222. The topological polar surface area (TPSA) is 237 Å². The summed E-state index contributed by atoms with van der Waals surface area (Å²) in [7, 11) is -9.93. The standard InChI is InChI=1S/C86H168O17P2/c1-6-9-12-15-18-21-24-27-30-32-33-34-35-36-38-40-43-46-51-57-62-67-72-86(91)102-81(75-96-83(88)69-64-59-54-49-44-42-39-37-31-28-25-22-19-16-13-10-7-2)77-100-104(92,93)98-73-80(87)74-99-105(94,95)101-78-82(76-97-84(89)70-65-60-55-52-47-48-53-58-63-68-79(4)5)103-85(90)71-66-61-56-50-45-41-29-26-23-20-17-14-11-8-3/h79-82,87H,6-78H2,1-5H3,(H,92,93)(H,94,95)/t80-,81-,82-/m1/s1. The van der Waals surface area contributed by atoms with E-state index < -0.39 is 97.5 Å². The Morgan fingerprint density at radius 3 is 0.648 bits per heavy atom. The largest absolute Gasteiger partial charge is 0.472 e. The summed E-state index contributed by atoms with van der Waals surface area (Å²) in [5, 5.41) is 10.7. The molecule has 0 aromatic heterocycles. The number of aliphatic hydroxyl groups excluding tert-OH is 1. The van der Waals surface area contributed by atoms with Crippen molar-refractivity contribution in [2.24, 2.45) is 5.92 Å². The van der Waals surface area contributed by atoms with Gasteiger partial charge in [0, 0.05) is 25.7 Å². The van der Waals surface area contributed by atoms with Crippen LogP contribution in [0, 0.1) is 5.92 Å². The van der Waals surface area contributed by atoms with Crippen molar-refractivity contribution < 1.29 is 80.2 Å². The van der Waals surface area contributed by atoms with E-state index in [4.69, 9.17) is 37.0 Å². The maximum absolute atomic E-state index is 13.1. The van der Waals surface area contributed by atoms with Crippen LogP contribution in [0.25, 0.3) is 0 Å². The van der Waals surface area contributed by atoms with Crippen molar-refractivity contribution in [2.75, 3.05) is 39.6 Å². The molecule has 0 aliphatic rings. The van der Waals surface area contributed by atoms with Gasteiger partial charge in [0.25, 0.3) is 0 Å². The molecule has 105 heavy (non-hydrogen) atoms. The number of unbranched alkanes of at least 4 members (excludes halogenated alkanes) is 58. The zero-order chi connectivity index (χ0) is 76.9. The van der Waals surface area contributed by atoms with Gasteiger partial charge in [-0.3, -0.25) is 37.3 Å². The Bertz CT molecular complexity index is 2000. The fourth-order valence-electron chi connectivity index (χ4n) is 13.5. The Morgan fingerprint density at radius 1 is 0.257 bits per heavy atom. The number of hydrogen-bond donors (Lipinski definition) is 3. The van der Waals surface area contributed by atoms with E-state index in [1.807, 2.05) is 0 Å². The highest BCUT2D eigenvalue weighted by molar-refractivity contribution is 7.47. The van der Waals surface area contributed by atoms with Crippen molar-refractivity contribution in [3.05, 3.63) is 0 Å². The second kappa shape index (κ2) is 78.7. The summed E-state index contributed by atoms with van der Waals surface area (Å²) in [6.45, 7) is 7.35. The van der Waals surface area contributed by atoms with Gasteiger partial charge in [0.2, 0.25) is 0 Å². The third-order valence-corrected chi connectivity index (χ3v) is 22.2. The SMILES string of the molecule is CCCCCCCCCCCCCCCCCCCCCCCCC(=O)O[C@H](COC(=O)CCCCCCCCCCCCCCCCCCC)COP(=O)(O)OC[C@@H](O)COP(=O)(O)OC[C@@H](COC(=O)CCCCCCCCCCCC(C)C)OC(=O)CCCCCCCCCCCCCCCC. The van der Waals surface area contributed by atoms with Crippen LogP contribution < -0.4 is 0 Å². The first-order valence-electron chi connectivity index (χ1n) is 44.6. The van der Waals surface area contributed by atoms with Gasteiger partial charge in [-0.25, -0.2) is 9.13 Å². The molecule has 17 nitrogen and oxygen atoms in total. The summed E-state index contributed by atoms with van der Waals surface area (Å²) in [6.07, 6.45) is 72.2. The number of rotatable bonds is 86. The Morgan fingerprint density at radius 2 is 0.438 bits per heavy atom. The monoisotopic (exact) mass is 1540 g/mol. The summed E-state index contributed by atoms with van der Waals surface area (Å²) < 4.78 is 68.9. The van der Waals surface area contributed by atoms with Crippen molar-refractivity contribution in [3.8, 4) is 0 Å². The molecule has 0 aromatic carbocycles. The van der Waals surface area contributed by atoms with Crippen LogP contribution >= 0.6 is 15.6 Å². The second-order valence-corrected chi connectivity index (χ2v) is 34.3. The number of carbonyl (C=O) groups excluding carboxylic acids is 4. The summed E-state index contributed by atoms with van der Waals surface area (Å²) in [4.78, 5) is 73.2. The van der Waals surface area contributed by atoms with Gasteiger partial charge in [-0.2, -0.15) is 0 Å². The third kappa shape index (κ3) is 79.9. The second-order valence-electron chi connectivity index (χ2n) is 31.4. The highest BCUT2D eigenvalue weighted by Crippen LogP contribution is 2.45. The highest BCUT2D eigenvalue weighted by atomic mass is 31.2. The van der Waals surface area contributed by atoms with Crippen LogP contribution in [0.3, 0.4) is 0 Å². The molecule has 19 heteroatoms. The molecule has 3 N–H and O–H groups in total. The van der Waals surface area contributed by atoms with Crippen LogP contribution in [0.15, 0.2) is 0 Å². The van der Waals surface area contributed by atoms with Crippen molar-refractivity contribution >= 4 is 39.5 Å². The number of carbonyl (C=O) groups is 4. The van der Waals surface area contributed by atoms with Crippen LogP contribution in [-0.4, -0.2) is 96.7 Å². The number of hydrogen-bond acceptors (Lipinski definition) is 15. The predicted octanol–water partition coefficient (Wildman–Crippen LogP) is 26.4. The third-order valence-electron chi connectivity index (χ3n) is 20.3. The predicted molar refractivity (Wildman–Crippen MR) is 432 cm³/mol. The molecule has 0 rings (SSSR count). The van der Waals surface area contributed by atoms with Gasteiger partial charge in [0.1, 0.15) is 19.3 Å².